The fourth-order valence-electron chi connectivity index (χ4n) is 3.64. The molecule has 25 heavy (non-hydrogen) atoms. The summed E-state index contributed by atoms with van der Waals surface area (Å²) in [5.41, 5.74) is 1.28. The number of piperidine rings is 1. The molecule has 2 aliphatic rings. The normalized spacial score (nSPS) is 23.6. The lowest BCUT2D eigenvalue weighted by Gasteiger charge is -2.34. The summed E-state index contributed by atoms with van der Waals surface area (Å²) >= 11 is 1.72. The number of aromatic nitrogens is 2. The number of nitrogens with one attached hydrogen (secondary N) is 1. The number of fused-ring (bicyclic) bond motifs is 1. The highest BCUT2D eigenvalue weighted by molar-refractivity contribution is 7.94. The van der Waals surface area contributed by atoms with E-state index in [1.807, 2.05) is 0 Å². The molecule has 4 heterocycles. The Morgan fingerprint density at radius 2 is 2.00 bits per heavy atom. The Bertz CT molecular complexity index is 928. The molecule has 134 valence electrons. The van der Waals surface area contributed by atoms with E-state index in [0.29, 0.717) is 6.04 Å². The van der Waals surface area contributed by atoms with Crippen LogP contribution in [-0.4, -0.2) is 49.3 Å². The highest BCUT2D eigenvalue weighted by Crippen LogP contribution is 2.35. The molecule has 0 aromatic carbocycles. The minimum absolute atomic E-state index is 0.0472. The molecule has 2 aromatic heterocycles. The van der Waals surface area contributed by atoms with Crippen molar-refractivity contribution in [1.29, 1.82) is 0 Å². The molecule has 0 radical (unpaired) electrons. The van der Waals surface area contributed by atoms with Crippen LogP contribution in [0.4, 0.5) is 5.82 Å². The number of hydrogen-bond acceptors (Lipinski definition) is 7. The number of nitrogens with zero attached hydrogens (tertiary/aromatic N) is 3. The lowest BCUT2D eigenvalue weighted by molar-refractivity contribution is 0.400. The van der Waals surface area contributed by atoms with E-state index in [1.54, 1.807) is 23.7 Å². The van der Waals surface area contributed by atoms with Gasteiger partial charge in [-0.2, -0.15) is 0 Å². The van der Waals surface area contributed by atoms with Crippen LogP contribution in [-0.2, 0) is 9.84 Å². The number of thiophene rings is 1. The third-order valence-corrected chi connectivity index (χ3v) is 7.63. The molecule has 2 aliphatic heterocycles. The number of aryl methyl sites for hydroxylation is 2. The number of sulfone groups is 1. The first kappa shape index (κ1) is 16.9. The highest BCUT2D eigenvalue weighted by atomic mass is 32.2. The Morgan fingerprint density at radius 1 is 1.24 bits per heavy atom. The summed E-state index contributed by atoms with van der Waals surface area (Å²) in [4.78, 5) is 13.7. The van der Waals surface area contributed by atoms with Crippen molar-refractivity contribution < 1.29 is 8.42 Å². The van der Waals surface area contributed by atoms with Crippen molar-refractivity contribution >= 4 is 37.2 Å². The van der Waals surface area contributed by atoms with Crippen LogP contribution in [0.15, 0.2) is 17.8 Å². The van der Waals surface area contributed by atoms with E-state index >= 15 is 0 Å². The first-order valence-electron chi connectivity index (χ1n) is 8.55. The van der Waals surface area contributed by atoms with Gasteiger partial charge in [-0.3, -0.25) is 0 Å². The van der Waals surface area contributed by atoms with E-state index in [2.05, 4.69) is 34.0 Å². The molecule has 2 aromatic rings. The zero-order valence-corrected chi connectivity index (χ0v) is 16.0. The van der Waals surface area contributed by atoms with Gasteiger partial charge < -0.3 is 10.2 Å². The molecule has 6 nitrogen and oxygen atoms in total. The van der Waals surface area contributed by atoms with Crippen LogP contribution in [0.25, 0.3) is 10.2 Å². The van der Waals surface area contributed by atoms with E-state index in [9.17, 15) is 8.42 Å². The van der Waals surface area contributed by atoms with E-state index in [0.717, 1.165) is 36.6 Å². The van der Waals surface area contributed by atoms with Gasteiger partial charge in [0.2, 0.25) is 0 Å². The molecule has 0 spiro atoms. The molecule has 1 N–H and O–H groups in total. The van der Waals surface area contributed by atoms with Gasteiger partial charge in [-0.05, 0) is 32.3 Å². The van der Waals surface area contributed by atoms with Gasteiger partial charge in [0.1, 0.15) is 17.0 Å². The van der Waals surface area contributed by atoms with Gasteiger partial charge in [0.15, 0.2) is 9.84 Å². The molecule has 0 bridgehead atoms. The lowest BCUT2D eigenvalue weighted by atomic mass is 10.0. The van der Waals surface area contributed by atoms with Crippen molar-refractivity contribution in [3.8, 4) is 0 Å². The molecule has 4 rings (SSSR count). The first-order valence-corrected chi connectivity index (χ1v) is 11.1. The maximum absolute atomic E-state index is 11.5. The van der Waals surface area contributed by atoms with Gasteiger partial charge in [0, 0.05) is 35.5 Å². The highest BCUT2D eigenvalue weighted by Gasteiger charge is 2.27. The average molecular weight is 379 g/mol. The first-order chi connectivity index (χ1) is 11.9. The van der Waals surface area contributed by atoms with Gasteiger partial charge in [0.05, 0.1) is 11.1 Å². The van der Waals surface area contributed by atoms with Crippen molar-refractivity contribution in [1.82, 2.24) is 15.3 Å². The molecular formula is C17H22N4O2S2. The molecule has 0 aliphatic carbocycles. The van der Waals surface area contributed by atoms with Gasteiger partial charge in [-0.15, -0.1) is 11.3 Å². The minimum Gasteiger partial charge on any atom is -0.356 e. The van der Waals surface area contributed by atoms with Gasteiger partial charge in [-0.1, -0.05) is 6.08 Å². The van der Waals surface area contributed by atoms with E-state index in [1.165, 1.54) is 21.2 Å². The molecular weight excluding hydrogens is 356 g/mol. The molecule has 0 saturated carbocycles. The van der Waals surface area contributed by atoms with Crippen LogP contribution in [0.1, 0.15) is 23.3 Å². The summed E-state index contributed by atoms with van der Waals surface area (Å²) in [6.45, 7) is 6.11. The molecule has 8 heteroatoms. The number of rotatable bonds is 3. The summed E-state index contributed by atoms with van der Waals surface area (Å²) in [7, 11) is -3.00. The summed E-state index contributed by atoms with van der Waals surface area (Å²) < 4.78 is 23.1. The van der Waals surface area contributed by atoms with Crippen molar-refractivity contribution in [2.24, 2.45) is 0 Å². The van der Waals surface area contributed by atoms with E-state index < -0.39 is 9.84 Å². The Labute approximate surface area is 151 Å². The van der Waals surface area contributed by atoms with Crippen LogP contribution >= 0.6 is 11.3 Å². The SMILES string of the molecule is Cc1sc2ncnc(N3CCC(N[C@@H]4C=CS(=O)(=O)C4)CC3)c2c1C. The van der Waals surface area contributed by atoms with Gasteiger partial charge >= 0.3 is 0 Å². The van der Waals surface area contributed by atoms with Crippen LogP contribution in [0, 0.1) is 13.8 Å². The minimum atomic E-state index is -3.00. The lowest BCUT2D eigenvalue weighted by Crippen LogP contribution is -2.46. The molecule has 0 amide bonds. The van der Waals surface area contributed by atoms with Crippen LogP contribution in [0.3, 0.4) is 0 Å². The monoisotopic (exact) mass is 378 g/mol. The molecule has 1 saturated heterocycles. The molecule has 1 atom stereocenters. The Balaban J connectivity index is 1.45. The van der Waals surface area contributed by atoms with Crippen molar-refractivity contribution in [2.75, 3.05) is 23.7 Å². The summed E-state index contributed by atoms with van der Waals surface area (Å²) in [6, 6.07) is 0.302. The van der Waals surface area contributed by atoms with Gasteiger partial charge in [0.25, 0.3) is 0 Å². The topological polar surface area (TPSA) is 75.2 Å². The largest absolute Gasteiger partial charge is 0.356 e. The fourth-order valence-corrected chi connectivity index (χ4v) is 5.88. The second kappa shape index (κ2) is 6.34. The Kier molecular flexibility index (Phi) is 4.29. The predicted molar refractivity (Wildman–Crippen MR) is 102 cm³/mol. The zero-order chi connectivity index (χ0) is 17.6. The Hall–Kier alpha value is -1.51. The second-order valence-electron chi connectivity index (χ2n) is 6.85. The maximum atomic E-state index is 11.5. The smallest absolute Gasteiger partial charge is 0.173 e. The van der Waals surface area contributed by atoms with Crippen LogP contribution < -0.4 is 10.2 Å². The van der Waals surface area contributed by atoms with Crippen LogP contribution in [0.2, 0.25) is 0 Å². The summed E-state index contributed by atoms with van der Waals surface area (Å²) in [5, 5.41) is 5.99. The molecule has 0 unspecified atom stereocenters. The standard InChI is InChI=1S/C17H22N4O2S2/c1-11-12(2)24-17-15(11)16(18-10-19-17)21-6-3-13(4-7-21)20-14-5-8-25(22,23)9-14/h5,8,10,13-14,20H,3-4,6-7,9H2,1-2H3/t14-/m1/s1. The number of hydrogen-bond donors (Lipinski definition) is 1. The number of anilines is 1. The van der Waals surface area contributed by atoms with E-state index in [-0.39, 0.29) is 11.8 Å². The van der Waals surface area contributed by atoms with Crippen LogP contribution in [0.5, 0.6) is 0 Å². The van der Waals surface area contributed by atoms with Crippen molar-refractivity contribution in [3.05, 3.63) is 28.3 Å². The summed E-state index contributed by atoms with van der Waals surface area (Å²) in [6.07, 6.45) is 5.40. The second-order valence-corrected chi connectivity index (χ2v) is 9.99. The van der Waals surface area contributed by atoms with Crippen molar-refractivity contribution in [3.63, 3.8) is 0 Å². The third kappa shape index (κ3) is 3.30. The van der Waals surface area contributed by atoms with Gasteiger partial charge in [-0.25, -0.2) is 18.4 Å². The third-order valence-electron chi connectivity index (χ3n) is 5.12. The molecule has 1 fully saturated rings. The fraction of sp³-hybridized carbons (Fsp3) is 0.529. The quantitative estimate of drug-likeness (QED) is 0.882. The zero-order valence-electron chi connectivity index (χ0n) is 14.4. The maximum Gasteiger partial charge on any atom is 0.173 e. The summed E-state index contributed by atoms with van der Waals surface area (Å²) in [5.74, 6) is 1.22. The Morgan fingerprint density at radius 3 is 2.68 bits per heavy atom. The average Bonchev–Trinajstić information content (AvgIpc) is 3.07. The predicted octanol–water partition coefficient (Wildman–Crippen LogP) is 2.18. The van der Waals surface area contributed by atoms with Crippen molar-refractivity contribution in [2.45, 2.75) is 38.8 Å². The van der Waals surface area contributed by atoms with E-state index in [4.69, 9.17) is 0 Å².